The van der Waals surface area contributed by atoms with Gasteiger partial charge in [0.1, 0.15) is 54.4 Å². The Balaban J connectivity index is 2.31. The molecule has 3 rings (SSSR count). The molecule has 25 heteroatoms. The molecular formula is C73H125N11O14. The van der Waals surface area contributed by atoms with Gasteiger partial charge in [0.05, 0.1) is 18.8 Å². The van der Waals surface area contributed by atoms with Gasteiger partial charge in [-0.05, 0) is 144 Å². The molecule has 0 saturated carbocycles. The number of nitrogens with one attached hydrogen (secondary N) is 4. The fourth-order valence-electron chi connectivity index (χ4n) is 13.1. The molecular weight excluding hydrogens is 1250 g/mol. The van der Waals surface area contributed by atoms with E-state index in [4.69, 9.17) is 4.74 Å². The van der Waals surface area contributed by atoms with Crippen LogP contribution in [0.25, 0.3) is 0 Å². The molecule has 6 N–H and O–H groups in total. The quantitative estimate of drug-likeness (QED) is 0.103. The van der Waals surface area contributed by atoms with Crippen LogP contribution in [0, 0.1) is 47.3 Å². The second kappa shape index (κ2) is 39.3. The van der Waals surface area contributed by atoms with Crippen molar-refractivity contribution < 1.29 is 67.7 Å². The van der Waals surface area contributed by atoms with Gasteiger partial charge in [-0.3, -0.25) is 47.9 Å². The molecule has 2 heterocycles. The first-order valence-electron chi connectivity index (χ1n) is 35.7. The number of aliphatic hydroxyl groups is 2. The number of piperidine rings is 1. The Labute approximate surface area is 585 Å². The molecule has 2 fully saturated rings. The van der Waals surface area contributed by atoms with Crippen LogP contribution < -0.4 is 21.3 Å². The fourth-order valence-corrected chi connectivity index (χ4v) is 13.1. The summed E-state index contributed by atoms with van der Waals surface area (Å²) in [5.74, 6) is -11.1. The molecule has 2 aliphatic heterocycles. The van der Waals surface area contributed by atoms with E-state index in [9.17, 15) is 48.6 Å². The number of likely N-dealkylation sites (tertiary alicyclic amines) is 1. The maximum atomic E-state index is 15.5. The van der Waals surface area contributed by atoms with E-state index in [2.05, 4.69) is 38.3 Å². The van der Waals surface area contributed by atoms with Gasteiger partial charge in [-0.1, -0.05) is 134 Å². The lowest BCUT2D eigenvalue weighted by Gasteiger charge is -2.40. The molecule has 2 saturated heterocycles. The van der Waals surface area contributed by atoms with Crippen LogP contribution in [0.4, 0.5) is 0 Å². The van der Waals surface area contributed by atoms with Crippen LogP contribution in [0.5, 0.6) is 0 Å². The lowest BCUT2D eigenvalue weighted by Crippen LogP contribution is -2.64. The second-order valence-electron chi connectivity index (χ2n) is 30.8. The zero-order valence-electron chi connectivity index (χ0n) is 63.4. The molecule has 10 amide bonds. The number of carbonyl (C=O) groups excluding carboxylic acids is 11. The number of likely N-dealkylation sites (N-methyl/N-ethyl adjacent to an activating group) is 6. The first kappa shape index (κ1) is 85.5. The van der Waals surface area contributed by atoms with Crippen LogP contribution in [0.3, 0.4) is 0 Å². The molecule has 0 unspecified atom stereocenters. The van der Waals surface area contributed by atoms with Crippen LogP contribution in [-0.4, -0.2) is 251 Å². The summed E-state index contributed by atoms with van der Waals surface area (Å²) in [6.07, 6.45) is -1.95. The number of hydrogen-bond donors (Lipinski definition) is 6. The molecule has 1 aromatic rings. The predicted octanol–water partition coefficient (Wildman–Crippen LogP) is 4.65. The van der Waals surface area contributed by atoms with Crippen LogP contribution in [0.15, 0.2) is 30.3 Å². The maximum absolute atomic E-state index is 15.5. The number of benzene rings is 1. The lowest BCUT2D eigenvalue weighted by molar-refractivity contribution is -0.166. The Morgan fingerprint density at radius 2 is 0.908 bits per heavy atom. The molecule has 0 spiro atoms. The minimum Gasteiger partial charge on any atom is -0.450 e. The van der Waals surface area contributed by atoms with Gasteiger partial charge in [-0.25, -0.2) is 4.79 Å². The summed E-state index contributed by atoms with van der Waals surface area (Å²) >= 11 is 0. The van der Waals surface area contributed by atoms with Gasteiger partial charge in [-0.15, -0.1) is 0 Å². The SMILES string of the molecule is CC(C)C[C@@H]1C(=O)N[C@H](CC(C)C)C(=O)N(C)[C@H](C(C)C)C(=O)N(C)[C@H]([C@H](O)[C@H](C)CCN2CCC(c3ccccc3)CC2)C(=O)N[C@H]([C@@H](C)O)C(=O)N(C)CC(=O)N(C)[C@@H](CC(C)C)C(=O)N[C@H](CC(C)C)C(=O)N(C)[C@H](CC(C)C)C(=O)N[C@H](C)C(=O)O[C@@H](C(C)C)C(=O)N1C. The molecule has 0 aliphatic carbocycles. The third-order valence-corrected chi connectivity index (χ3v) is 19.1. The van der Waals surface area contributed by atoms with Gasteiger partial charge in [-0.2, -0.15) is 0 Å². The molecule has 13 atom stereocenters. The van der Waals surface area contributed by atoms with Crippen molar-refractivity contribution in [3.8, 4) is 0 Å². The number of ether oxygens (including phenoxy) is 1. The highest BCUT2D eigenvalue weighted by Crippen LogP contribution is 2.30. The highest BCUT2D eigenvalue weighted by atomic mass is 16.6. The largest absolute Gasteiger partial charge is 0.450 e. The minimum absolute atomic E-state index is 0.0793. The molecule has 0 aromatic heterocycles. The van der Waals surface area contributed by atoms with Gasteiger partial charge in [0.25, 0.3) is 5.91 Å². The van der Waals surface area contributed by atoms with Crippen molar-refractivity contribution in [2.24, 2.45) is 47.3 Å². The summed E-state index contributed by atoms with van der Waals surface area (Å²) in [5.41, 5.74) is 1.27. The third kappa shape index (κ3) is 24.6. The van der Waals surface area contributed by atoms with Gasteiger partial charge < -0.3 is 70.5 Å². The van der Waals surface area contributed by atoms with Crippen LogP contribution in [0.2, 0.25) is 0 Å². The normalized spacial score (nSPS) is 26.4. The van der Waals surface area contributed by atoms with E-state index in [0.29, 0.717) is 18.9 Å². The molecule has 2 aliphatic rings. The summed E-state index contributed by atoms with van der Waals surface area (Å²) in [5, 5.41) is 35.1. The molecule has 0 bridgehead atoms. The number of cyclic esters (lactones) is 1. The number of aliphatic hydroxyl groups excluding tert-OH is 2. The topological polar surface area (TPSA) is 308 Å². The number of rotatable bonds is 19. The average Bonchev–Trinajstić information content (AvgIpc) is 0.806. The van der Waals surface area contributed by atoms with Crippen molar-refractivity contribution in [3.63, 3.8) is 0 Å². The van der Waals surface area contributed by atoms with Gasteiger partial charge in [0.2, 0.25) is 53.2 Å². The van der Waals surface area contributed by atoms with Gasteiger partial charge in [0.15, 0.2) is 6.10 Å². The Bertz CT molecular complexity index is 2810. The lowest BCUT2D eigenvalue weighted by atomic mass is 9.88. The van der Waals surface area contributed by atoms with Crippen LogP contribution >= 0.6 is 0 Å². The summed E-state index contributed by atoms with van der Waals surface area (Å²) in [7, 11) is 8.23. The number of amides is 10. The van der Waals surface area contributed by atoms with Crippen molar-refractivity contribution in [2.75, 3.05) is 68.5 Å². The van der Waals surface area contributed by atoms with E-state index in [1.54, 1.807) is 34.6 Å². The number of nitrogens with zero attached hydrogens (tertiary/aromatic N) is 7. The summed E-state index contributed by atoms with van der Waals surface area (Å²) in [6.45, 7) is 31.1. The van der Waals surface area contributed by atoms with Crippen molar-refractivity contribution in [1.29, 1.82) is 0 Å². The van der Waals surface area contributed by atoms with Crippen molar-refractivity contribution in [1.82, 2.24) is 55.6 Å². The second-order valence-corrected chi connectivity index (χ2v) is 30.8. The number of carbonyl (C=O) groups is 11. The van der Waals surface area contributed by atoms with E-state index >= 15 is 14.4 Å². The Morgan fingerprint density at radius 1 is 0.480 bits per heavy atom. The van der Waals surface area contributed by atoms with E-state index in [1.165, 1.54) is 81.3 Å². The molecule has 556 valence electrons. The van der Waals surface area contributed by atoms with Gasteiger partial charge in [0, 0.05) is 42.3 Å². The molecule has 98 heavy (non-hydrogen) atoms. The summed E-state index contributed by atoms with van der Waals surface area (Å²) < 4.78 is 5.93. The first-order valence-corrected chi connectivity index (χ1v) is 35.7. The summed E-state index contributed by atoms with van der Waals surface area (Å²) in [6, 6.07) is -1.99. The Morgan fingerprint density at radius 3 is 1.35 bits per heavy atom. The molecule has 0 radical (unpaired) electrons. The zero-order chi connectivity index (χ0) is 74.7. The van der Waals surface area contributed by atoms with Crippen molar-refractivity contribution >= 4 is 65.0 Å². The van der Waals surface area contributed by atoms with Gasteiger partial charge >= 0.3 is 5.97 Å². The monoisotopic (exact) mass is 1380 g/mol. The highest BCUT2D eigenvalue weighted by molar-refractivity contribution is 5.99. The van der Waals surface area contributed by atoms with Crippen molar-refractivity contribution in [2.45, 2.75) is 248 Å². The van der Waals surface area contributed by atoms with E-state index in [1.807, 2.05) is 87.4 Å². The maximum Gasteiger partial charge on any atom is 0.329 e. The van der Waals surface area contributed by atoms with Crippen LogP contribution in [0.1, 0.15) is 181 Å². The predicted molar refractivity (Wildman–Crippen MR) is 377 cm³/mol. The Hall–Kier alpha value is -6.73. The number of esters is 1. The zero-order valence-corrected chi connectivity index (χ0v) is 63.4. The Kier molecular flexibility index (Phi) is 34.3. The summed E-state index contributed by atoms with van der Waals surface area (Å²) in [4.78, 5) is 172. The van der Waals surface area contributed by atoms with E-state index < -0.39 is 162 Å². The number of hydrogen-bond acceptors (Lipinski definition) is 15. The fraction of sp³-hybridized carbons (Fsp3) is 0.767. The van der Waals surface area contributed by atoms with Crippen molar-refractivity contribution in [3.05, 3.63) is 35.9 Å². The highest BCUT2D eigenvalue weighted by Gasteiger charge is 2.46. The molecule has 25 nitrogen and oxygen atoms in total. The average molecular weight is 1380 g/mol. The smallest absolute Gasteiger partial charge is 0.329 e. The van der Waals surface area contributed by atoms with E-state index in [-0.39, 0.29) is 61.7 Å². The minimum atomic E-state index is -1.76. The molecule has 1 aromatic carbocycles. The third-order valence-electron chi connectivity index (χ3n) is 19.1. The van der Waals surface area contributed by atoms with E-state index in [0.717, 1.165) is 35.7 Å². The van der Waals surface area contributed by atoms with Crippen LogP contribution in [-0.2, 0) is 57.5 Å². The standard InChI is InChI=1S/C73H125N11O14/c1-41(2)35-53-68(92)80(20)56(38-44(7)8)64(88)74-49(16)73(97)98-63(47(13)14)72(96)81(21)57(39-45(9)10)66(90)76-54(36-42(3)4)69(93)82(22)60(46(11)12)71(95)83(23)61(62(87)48(15)29-32-84-33-30-52(31-34-84)51-27-25-24-26-28-51)67(91)77-59(50(17)85)70(94)78(18)40-58(86)79(19)55(37-43(5)6)65(89)75-53/h24-28,41-50,52-57,59-63,85,87H,29-40H2,1-23H3,(H,74,88)(H,75,89)(H,76,90)(H,77,91)/t48-,49-,50-,53-,54-,55+,56-,57-,59-,60-,61-,62-,63+/m1/s1. The first-order chi connectivity index (χ1) is 45.5.